The van der Waals surface area contributed by atoms with Gasteiger partial charge in [0.05, 0.1) is 16.3 Å². The molecule has 0 unspecified atom stereocenters. The summed E-state index contributed by atoms with van der Waals surface area (Å²) in [5, 5.41) is 12.4. The van der Waals surface area contributed by atoms with Gasteiger partial charge in [0.15, 0.2) is 6.10 Å². The van der Waals surface area contributed by atoms with Crippen molar-refractivity contribution in [3.05, 3.63) is 94.5 Å². The van der Waals surface area contributed by atoms with E-state index in [1.807, 2.05) is 0 Å². The van der Waals surface area contributed by atoms with Gasteiger partial charge in [-0.2, -0.15) is 30.7 Å². The molecule has 3 aromatic rings. The fourth-order valence-corrected chi connectivity index (χ4v) is 3.69. The van der Waals surface area contributed by atoms with Crippen LogP contribution in [0.4, 0.5) is 35.1 Å². The molecule has 1 heterocycles. The number of ether oxygens (including phenoxy) is 1. The van der Waals surface area contributed by atoms with Crippen LogP contribution < -0.4 is 10.1 Å². The number of benzene rings is 2. The van der Waals surface area contributed by atoms with Crippen molar-refractivity contribution in [1.29, 1.82) is 0 Å². The second-order valence-electron chi connectivity index (χ2n) is 8.01. The molecule has 200 valence electrons. The zero-order valence-electron chi connectivity index (χ0n) is 18.6. The third-order valence-corrected chi connectivity index (χ3v) is 5.55. The van der Waals surface area contributed by atoms with E-state index in [0.29, 0.717) is 11.6 Å². The average molecular weight is 555 g/mol. The highest BCUT2D eigenvalue weighted by Gasteiger charge is 2.45. The molecule has 0 saturated carbocycles. The van der Waals surface area contributed by atoms with Crippen LogP contribution in [0.2, 0.25) is 5.02 Å². The first kappa shape index (κ1) is 28.6. The zero-order valence-corrected chi connectivity index (χ0v) is 19.4. The Morgan fingerprint density at radius 3 is 2.22 bits per heavy atom. The van der Waals surface area contributed by atoms with Crippen LogP contribution >= 0.6 is 11.6 Å². The first-order valence-corrected chi connectivity index (χ1v) is 10.9. The van der Waals surface area contributed by atoms with Crippen LogP contribution in [-0.4, -0.2) is 41.4 Å². The third kappa shape index (κ3) is 7.08. The highest BCUT2D eigenvalue weighted by molar-refractivity contribution is 6.30. The van der Waals surface area contributed by atoms with Crippen LogP contribution in [0.3, 0.4) is 0 Å². The molecule has 0 fully saturated rings. The molecule has 37 heavy (non-hydrogen) atoms. The zero-order chi connectivity index (χ0) is 27.4. The predicted octanol–water partition coefficient (Wildman–Crippen LogP) is 6.11. The maximum Gasteiger partial charge on any atom is 0.461 e. The number of aliphatic hydroxyl groups excluding tert-OH is 1. The Morgan fingerprint density at radius 1 is 0.973 bits per heavy atom. The van der Waals surface area contributed by atoms with Crippen molar-refractivity contribution < 1.29 is 45.0 Å². The van der Waals surface area contributed by atoms with Gasteiger partial charge < -0.3 is 9.84 Å². The van der Waals surface area contributed by atoms with Gasteiger partial charge in [-0.1, -0.05) is 41.9 Å². The summed E-state index contributed by atoms with van der Waals surface area (Å²) in [5.74, 6) is -2.22. The molecule has 0 radical (unpaired) electrons. The van der Waals surface area contributed by atoms with Crippen LogP contribution in [0.5, 0.6) is 5.75 Å². The van der Waals surface area contributed by atoms with Gasteiger partial charge in [0, 0.05) is 25.2 Å². The number of aliphatic hydroxyl groups is 1. The molecule has 0 saturated heterocycles. The first-order chi connectivity index (χ1) is 17.2. The second kappa shape index (κ2) is 11.2. The van der Waals surface area contributed by atoms with Crippen LogP contribution in [0.25, 0.3) is 0 Å². The number of alkyl halides is 7. The molecule has 0 spiro atoms. The quantitative estimate of drug-likeness (QED) is 0.297. The van der Waals surface area contributed by atoms with Gasteiger partial charge in [-0.15, -0.1) is 0 Å². The topological polar surface area (TPSA) is 54.4 Å². The molecule has 1 aromatic heterocycles. The third-order valence-electron chi connectivity index (χ3n) is 5.32. The van der Waals surface area contributed by atoms with E-state index in [-0.39, 0.29) is 22.7 Å². The molecule has 0 aliphatic carbocycles. The number of nitrogens with one attached hydrogen (secondary N) is 1. The van der Waals surface area contributed by atoms with Crippen LogP contribution in [0, 0.1) is 5.82 Å². The largest absolute Gasteiger partial charge is 0.461 e. The SMILES string of the molecule is O[C@H](CN[C@@](Cc1ccccc1)(c1cc(F)cc(OC(F)(F)C(F)F)c1)c1ccc(Cl)cn1)C(F)(F)F. The van der Waals surface area contributed by atoms with Crippen molar-refractivity contribution in [1.82, 2.24) is 10.3 Å². The van der Waals surface area contributed by atoms with Gasteiger partial charge in [-0.3, -0.25) is 10.3 Å². The number of aromatic nitrogens is 1. The van der Waals surface area contributed by atoms with E-state index >= 15 is 0 Å². The molecule has 0 amide bonds. The minimum Gasteiger partial charge on any atom is -0.428 e. The van der Waals surface area contributed by atoms with Gasteiger partial charge >= 0.3 is 18.7 Å². The van der Waals surface area contributed by atoms with Gasteiger partial charge in [0.1, 0.15) is 11.6 Å². The lowest BCUT2D eigenvalue weighted by Gasteiger charge is -2.37. The number of pyridine rings is 1. The smallest absolute Gasteiger partial charge is 0.428 e. The number of rotatable bonds is 10. The van der Waals surface area contributed by atoms with E-state index in [9.17, 15) is 40.2 Å². The van der Waals surface area contributed by atoms with Crippen LogP contribution in [0.1, 0.15) is 16.8 Å². The summed E-state index contributed by atoms with van der Waals surface area (Å²) in [7, 11) is 0. The summed E-state index contributed by atoms with van der Waals surface area (Å²) >= 11 is 5.90. The van der Waals surface area contributed by atoms with E-state index in [1.54, 1.807) is 30.3 Å². The summed E-state index contributed by atoms with van der Waals surface area (Å²) in [6.07, 6.45) is -16.2. The Kier molecular flexibility index (Phi) is 8.66. The summed E-state index contributed by atoms with van der Waals surface area (Å²) < 4.78 is 111. The van der Waals surface area contributed by atoms with Gasteiger partial charge in [0.25, 0.3) is 0 Å². The molecular formula is C24H19ClF8N2O2. The predicted molar refractivity (Wildman–Crippen MR) is 118 cm³/mol. The van der Waals surface area contributed by atoms with E-state index in [1.165, 1.54) is 12.1 Å². The van der Waals surface area contributed by atoms with Gasteiger partial charge in [-0.25, -0.2) is 4.39 Å². The van der Waals surface area contributed by atoms with E-state index in [2.05, 4.69) is 15.0 Å². The molecule has 3 rings (SSSR count). The Balaban J connectivity index is 2.23. The lowest BCUT2D eigenvalue weighted by atomic mass is 9.80. The van der Waals surface area contributed by atoms with E-state index in [0.717, 1.165) is 18.3 Å². The van der Waals surface area contributed by atoms with Crippen molar-refractivity contribution in [2.75, 3.05) is 6.54 Å². The average Bonchev–Trinajstić information content (AvgIpc) is 2.81. The van der Waals surface area contributed by atoms with Gasteiger partial charge in [0.2, 0.25) is 0 Å². The Bertz CT molecular complexity index is 1180. The molecule has 2 N–H and O–H groups in total. The molecule has 0 bridgehead atoms. The highest BCUT2D eigenvalue weighted by atomic mass is 35.5. The fourth-order valence-electron chi connectivity index (χ4n) is 3.58. The molecular weight excluding hydrogens is 536 g/mol. The minimum atomic E-state index is -5.03. The van der Waals surface area contributed by atoms with Crippen LogP contribution in [0.15, 0.2) is 66.9 Å². The molecule has 0 aliphatic rings. The molecule has 0 aliphatic heterocycles. The van der Waals surface area contributed by atoms with Crippen molar-refractivity contribution in [2.24, 2.45) is 0 Å². The fraction of sp³-hybridized carbons (Fsp3) is 0.292. The second-order valence-corrected chi connectivity index (χ2v) is 8.44. The monoisotopic (exact) mass is 554 g/mol. The Hall–Kier alpha value is -2.96. The van der Waals surface area contributed by atoms with Gasteiger partial charge in [-0.05, 0) is 35.4 Å². The number of hydrogen-bond donors (Lipinski definition) is 2. The molecule has 13 heteroatoms. The maximum absolute atomic E-state index is 14.6. The van der Waals surface area contributed by atoms with Crippen molar-refractivity contribution in [3.8, 4) is 5.75 Å². The standard InChI is InChI=1S/C24H19ClF8N2O2/c25-16-6-7-19(34-12-16)22(11-14-4-2-1-3-5-14,35-13-20(36)23(29,30)31)15-8-17(26)10-18(9-15)37-24(32,33)21(27)28/h1-10,12,20-21,35-36H,11,13H2/t20-,22+/m1/s1. The van der Waals surface area contributed by atoms with Crippen molar-refractivity contribution in [2.45, 2.75) is 36.8 Å². The summed E-state index contributed by atoms with van der Waals surface area (Å²) in [4.78, 5) is 4.14. The number of nitrogens with zero attached hydrogens (tertiary/aromatic N) is 1. The maximum atomic E-state index is 14.6. The minimum absolute atomic E-state index is 0.0349. The normalized spacial score (nSPS) is 14.9. The lowest BCUT2D eigenvalue weighted by Crippen LogP contribution is -2.51. The lowest BCUT2D eigenvalue weighted by molar-refractivity contribution is -0.253. The molecule has 2 atom stereocenters. The Morgan fingerprint density at radius 2 is 1.65 bits per heavy atom. The number of halogens is 9. The van der Waals surface area contributed by atoms with E-state index < -0.39 is 48.5 Å². The highest BCUT2D eigenvalue weighted by Crippen LogP contribution is 2.37. The summed E-state index contributed by atoms with van der Waals surface area (Å²) in [6.45, 7) is -1.12. The van der Waals surface area contributed by atoms with Crippen molar-refractivity contribution in [3.63, 3.8) is 0 Å². The van der Waals surface area contributed by atoms with E-state index in [4.69, 9.17) is 11.6 Å². The molecule has 2 aromatic carbocycles. The first-order valence-electron chi connectivity index (χ1n) is 10.5. The summed E-state index contributed by atoms with van der Waals surface area (Å²) in [5.41, 5.74) is -1.75. The summed E-state index contributed by atoms with van der Waals surface area (Å²) in [6, 6.07) is 12.7. The van der Waals surface area contributed by atoms with Crippen molar-refractivity contribution >= 4 is 11.6 Å². The molecule has 4 nitrogen and oxygen atoms in total. The Labute approximate surface area is 210 Å². The number of hydrogen-bond acceptors (Lipinski definition) is 4. The van der Waals surface area contributed by atoms with Crippen LogP contribution in [-0.2, 0) is 12.0 Å².